The molecular weight excluding hydrogens is 424 g/mol. The van der Waals surface area contributed by atoms with Crippen LogP contribution >= 0.6 is 12.2 Å². The molecule has 0 saturated heterocycles. The number of aromatic nitrogens is 3. The van der Waals surface area contributed by atoms with E-state index in [2.05, 4.69) is 15.5 Å². The maximum Gasteiger partial charge on any atom is 0.222 e. The van der Waals surface area contributed by atoms with E-state index < -0.39 is 0 Å². The van der Waals surface area contributed by atoms with Gasteiger partial charge in [-0.3, -0.25) is 14.5 Å². The molecule has 0 saturated carbocycles. The Balaban J connectivity index is 1.41. The molecule has 0 radical (unpaired) electrons. The number of rotatable bonds is 8. The number of nitrogens with one attached hydrogen (secondary N) is 2. The minimum absolute atomic E-state index is 0.0690. The fourth-order valence-corrected chi connectivity index (χ4v) is 4.16. The predicted molar refractivity (Wildman–Crippen MR) is 125 cm³/mol. The molecule has 2 heterocycles. The van der Waals surface area contributed by atoms with Crippen molar-refractivity contribution in [2.75, 3.05) is 6.61 Å². The van der Waals surface area contributed by atoms with E-state index in [0.717, 1.165) is 46.0 Å². The first-order chi connectivity index (χ1) is 15.4. The maximum atomic E-state index is 12.6. The number of nitrogens with zero attached hydrogens (tertiary/aromatic N) is 2. The van der Waals surface area contributed by atoms with E-state index in [1.165, 1.54) is 0 Å². The standard InChI is InChI=1S/C24H28N4O3S/c1-4-30-20-12-18-11-16(3)31-21(18)13-19(20)14-25-22(29)8-9-28-23(26-27-24(28)32)17-7-5-6-15(2)10-17/h5-7,10,12-13,16H,4,8-9,11,14H2,1-3H3,(H,25,29)(H,27,32). The molecule has 1 atom stereocenters. The van der Waals surface area contributed by atoms with E-state index in [9.17, 15) is 4.79 Å². The number of benzene rings is 2. The first-order valence-corrected chi connectivity index (χ1v) is 11.3. The van der Waals surface area contributed by atoms with Crippen LogP contribution in [0, 0.1) is 11.7 Å². The van der Waals surface area contributed by atoms with Crippen LogP contribution in [0.15, 0.2) is 36.4 Å². The van der Waals surface area contributed by atoms with Crippen molar-refractivity contribution in [1.29, 1.82) is 0 Å². The van der Waals surface area contributed by atoms with Gasteiger partial charge in [0.05, 0.1) is 6.61 Å². The van der Waals surface area contributed by atoms with E-state index in [-0.39, 0.29) is 18.4 Å². The molecule has 0 bridgehead atoms. The molecule has 1 amide bonds. The van der Waals surface area contributed by atoms with E-state index >= 15 is 0 Å². The van der Waals surface area contributed by atoms with Gasteiger partial charge in [-0.05, 0) is 51.2 Å². The van der Waals surface area contributed by atoms with Gasteiger partial charge >= 0.3 is 0 Å². The van der Waals surface area contributed by atoms with Crippen molar-refractivity contribution in [3.63, 3.8) is 0 Å². The number of hydrogen-bond donors (Lipinski definition) is 2. The van der Waals surface area contributed by atoms with E-state index in [0.29, 0.717) is 24.5 Å². The third-order valence-electron chi connectivity index (χ3n) is 5.45. The summed E-state index contributed by atoms with van der Waals surface area (Å²) in [7, 11) is 0. The van der Waals surface area contributed by atoms with Gasteiger partial charge in [-0.2, -0.15) is 5.10 Å². The summed E-state index contributed by atoms with van der Waals surface area (Å²) in [6.07, 6.45) is 1.32. The zero-order valence-electron chi connectivity index (χ0n) is 18.6. The molecule has 1 aliphatic heterocycles. The van der Waals surface area contributed by atoms with Gasteiger partial charge in [0.25, 0.3) is 0 Å². The minimum atomic E-state index is -0.0690. The molecule has 2 N–H and O–H groups in total. The van der Waals surface area contributed by atoms with E-state index in [1.54, 1.807) is 0 Å². The summed E-state index contributed by atoms with van der Waals surface area (Å²) in [4.78, 5) is 12.6. The number of H-pyrrole nitrogens is 1. The monoisotopic (exact) mass is 452 g/mol. The van der Waals surface area contributed by atoms with Crippen LogP contribution in [-0.2, 0) is 24.3 Å². The zero-order valence-corrected chi connectivity index (χ0v) is 19.4. The number of hydrogen-bond acceptors (Lipinski definition) is 5. The Bertz CT molecular complexity index is 1180. The molecule has 3 aromatic rings. The van der Waals surface area contributed by atoms with Crippen molar-refractivity contribution in [3.8, 4) is 22.9 Å². The van der Waals surface area contributed by atoms with Crippen molar-refractivity contribution in [3.05, 3.63) is 57.9 Å². The zero-order chi connectivity index (χ0) is 22.7. The molecule has 1 aliphatic rings. The smallest absolute Gasteiger partial charge is 0.222 e. The molecule has 8 heteroatoms. The fraction of sp³-hybridized carbons (Fsp3) is 0.375. The van der Waals surface area contributed by atoms with Gasteiger partial charge in [0, 0.05) is 42.6 Å². The van der Waals surface area contributed by atoms with E-state index in [1.807, 2.05) is 61.7 Å². The largest absolute Gasteiger partial charge is 0.494 e. The van der Waals surface area contributed by atoms with Crippen LogP contribution in [0.3, 0.4) is 0 Å². The average molecular weight is 453 g/mol. The lowest BCUT2D eigenvalue weighted by Gasteiger charge is -2.14. The normalized spacial score (nSPS) is 14.7. The van der Waals surface area contributed by atoms with E-state index in [4.69, 9.17) is 21.7 Å². The third-order valence-corrected chi connectivity index (χ3v) is 5.76. The lowest BCUT2D eigenvalue weighted by Crippen LogP contribution is -2.24. The van der Waals surface area contributed by atoms with Crippen LogP contribution in [0.2, 0.25) is 0 Å². The molecule has 4 rings (SSSR count). The number of fused-ring (bicyclic) bond motifs is 1. The predicted octanol–water partition coefficient (Wildman–Crippen LogP) is 4.34. The van der Waals surface area contributed by atoms with Crippen LogP contribution in [0.1, 0.15) is 37.0 Å². The number of aryl methyl sites for hydroxylation is 1. The highest BCUT2D eigenvalue weighted by Gasteiger charge is 2.22. The van der Waals surface area contributed by atoms with Gasteiger partial charge < -0.3 is 14.8 Å². The number of carbonyl (C=O) groups is 1. The molecule has 0 fully saturated rings. The van der Waals surface area contributed by atoms with Crippen molar-refractivity contribution < 1.29 is 14.3 Å². The summed E-state index contributed by atoms with van der Waals surface area (Å²) in [6.45, 7) is 7.41. The summed E-state index contributed by atoms with van der Waals surface area (Å²) in [5.41, 5.74) is 4.16. The Morgan fingerprint density at radius 3 is 3.00 bits per heavy atom. The number of aromatic amines is 1. The van der Waals surface area contributed by atoms with Gasteiger partial charge in [0.2, 0.25) is 5.91 Å². The maximum absolute atomic E-state index is 12.6. The second kappa shape index (κ2) is 9.56. The fourth-order valence-electron chi connectivity index (χ4n) is 3.93. The second-order valence-electron chi connectivity index (χ2n) is 8.03. The van der Waals surface area contributed by atoms with Gasteiger partial charge in [0.1, 0.15) is 17.6 Å². The molecule has 0 aliphatic carbocycles. The van der Waals surface area contributed by atoms with Gasteiger partial charge in [-0.25, -0.2) is 0 Å². The summed E-state index contributed by atoms with van der Waals surface area (Å²) < 4.78 is 14.0. The summed E-state index contributed by atoms with van der Waals surface area (Å²) in [6, 6.07) is 12.1. The Kier molecular flexibility index (Phi) is 6.60. The van der Waals surface area contributed by atoms with Crippen molar-refractivity contribution in [2.24, 2.45) is 0 Å². The highest BCUT2D eigenvalue weighted by Crippen LogP contribution is 2.35. The topological polar surface area (TPSA) is 81.2 Å². The lowest BCUT2D eigenvalue weighted by atomic mass is 10.1. The Labute approximate surface area is 192 Å². The average Bonchev–Trinajstić information content (AvgIpc) is 3.31. The molecule has 0 spiro atoms. The van der Waals surface area contributed by atoms with Crippen LogP contribution in [-0.4, -0.2) is 33.4 Å². The van der Waals surface area contributed by atoms with Crippen LogP contribution in [0.25, 0.3) is 11.4 Å². The van der Waals surface area contributed by atoms with Gasteiger partial charge in [-0.1, -0.05) is 23.8 Å². The number of carbonyl (C=O) groups excluding carboxylic acids is 1. The summed E-state index contributed by atoms with van der Waals surface area (Å²) in [5, 5.41) is 10.2. The molecule has 1 aromatic heterocycles. The quantitative estimate of drug-likeness (QED) is 0.497. The molecular formula is C24H28N4O3S. The molecule has 168 valence electrons. The van der Waals surface area contributed by atoms with Crippen molar-refractivity contribution in [2.45, 2.75) is 52.8 Å². The highest BCUT2D eigenvalue weighted by atomic mass is 32.1. The SMILES string of the molecule is CCOc1cc2c(cc1CNC(=O)CCn1c(-c3cccc(C)c3)n[nH]c1=S)OC(C)C2. The number of ether oxygens (including phenoxy) is 2. The Morgan fingerprint density at radius 1 is 1.38 bits per heavy atom. The van der Waals surface area contributed by atoms with Crippen molar-refractivity contribution >= 4 is 18.1 Å². The Morgan fingerprint density at radius 2 is 2.22 bits per heavy atom. The number of amides is 1. The van der Waals surface area contributed by atoms with Gasteiger partial charge in [-0.15, -0.1) is 0 Å². The first kappa shape index (κ1) is 22.1. The molecule has 7 nitrogen and oxygen atoms in total. The molecule has 1 unspecified atom stereocenters. The van der Waals surface area contributed by atoms with Crippen molar-refractivity contribution in [1.82, 2.24) is 20.1 Å². The third kappa shape index (κ3) is 4.85. The first-order valence-electron chi connectivity index (χ1n) is 10.9. The van der Waals surface area contributed by atoms with Crippen LogP contribution < -0.4 is 14.8 Å². The highest BCUT2D eigenvalue weighted by molar-refractivity contribution is 7.71. The lowest BCUT2D eigenvalue weighted by molar-refractivity contribution is -0.121. The summed E-state index contributed by atoms with van der Waals surface area (Å²) >= 11 is 5.38. The molecule has 32 heavy (non-hydrogen) atoms. The summed E-state index contributed by atoms with van der Waals surface area (Å²) in [5.74, 6) is 2.33. The second-order valence-corrected chi connectivity index (χ2v) is 8.42. The van der Waals surface area contributed by atoms with Gasteiger partial charge in [0.15, 0.2) is 10.6 Å². The minimum Gasteiger partial charge on any atom is -0.494 e. The Hall–Kier alpha value is -3.13. The molecule has 2 aromatic carbocycles. The van der Waals surface area contributed by atoms with Crippen LogP contribution in [0.4, 0.5) is 0 Å². The van der Waals surface area contributed by atoms with Crippen LogP contribution in [0.5, 0.6) is 11.5 Å².